The molecule has 0 heterocycles. The van der Waals surface area contributed by atoms with E-state index in [-0.39, 0.29) is 17.9 Å². The maximum atomic E-state index is 12.5. The van der Waals surface area contributed by atoms with Gasteiger partial charge in [0.05, 0.1) is 4.90 Å². The molecule has 1 unspecified atom stereocenters. The van der Waals surface area contributed by atoms with Crippen LogP contribution in [0.5, 0.6) is 0 Å². The standard InChI is InChI=1S/C18H26N2O5S/c1-11-8-12(2)17(13(3)9-11)26(24,25)19-7-6-16(21)20-15(18(22)23)10-14-4-5-14/h8-9,14-15,19H,4-7,10H2,1-3H3,(H,20,21)(H,22,23). The first-order valence-electron chi connectivity index (χ1n) is 8.70. The number of aliphatic carboxylic acids is 1. The third kappa shape index (κ3) is 5.54. The second-order valence-electron chi connectivity index (χ2n) is 7.01. The largest absolute Gasteiger partial charge is 0.480 e. The fourth-order valence-corrected chi connectivity index (χ4v) is 4.62. The average molecular weight is 382 g/mol. The van der Waals surface area contributed by atoms with Gasteiger partial charge in [-0.3, -0.25) is 4.79 Å². The van der Waals surface area contributed by atoms with Gasteiger partial charge < -0.3 is 10.4 Å². The van der Waals surface area contributed by atoms with Crippen LogP contribution in [0.3, 0.4) is 0 Å². The lowest BCUT2D eigenvalue weighted by Gasteiger charge is -2.15. The highest BCUT2D eigenvalue weighted by Gasteiger charge is 2.30. The van der Waals surface area contributed by atoms with Crippen LogP contribution in [0.15, 0.2) is 17.0 Å². The first-order valence-corrected chi connectivity index (χ1v) is 10.2. The fourth-order valence-electron chi connectivity index (χ4n) is 3.14. The van der Waals surface area contributed by atoms with Crippen LogP contribution < -0.4 is 10.0 Å². The molecule has 0 aliphatic heterocycles. The SMILES string of the molecule is Cc1cc(C)c(S(=O)(=O)NCCC(=O)NC(CC2CC2)C(=O)O)c(C)c1. The van der Waals surface area contributed by atoms with E-state index in [1.54, 1.807) is 26.0 Å². The van der Waals surface area contributed by atoms with Gasteiger partial charge in [-0.1, -0.05) is 30.5 Å². The summed E-state index contributed by atoms with van der Waals surface area (Å²) in [4.78, 5) is 23.4. The average Bonchev–Trinajstić information content (AvgIpc) is 3.28. The molecule has 1 aliphatic rings. The Balaban J connectivity index is 1.91. The summed E-state index contributed by atoms with van der Waals surface area (Å²) in [7, 11) is -3.73. The van der Waals surface area contributed by atoms with Gasteiger partial charge in [0.2, 0.25) is 15.9 Å². The lowest BCUT2D eigenvalue weighted by molar-refractivity contribution is -0.142. The monoisotopic (exact) mass is 382 g/mol. The number of carbonyl (C=O) groups is 2. The zero-order chi connectivity index (χ0) is 19.5. The van der Waals surface area contributed by atoms with E-state index >= 15 is 0 Å². The van der Waals surface area contributed by atoms with Crippen LogP contribution in [0, 0.1) is 26.7 Å². The minimum absolute atomic E-state index is 0.0866. The third-order valence-electron chi connectivity index (χ3n) is 4.42. The molecule has 1 aromatic rings. The molecule has 1 amide bonds. The number of carboxylic acid groups (broad SMARTS) is 1. The van der Waals surface area contributed by atoms with E-state index < -0.39 is 27.9 Å². The predicted molar refractivity (Wildman–Crippen MR) is 97.4 cm³/mol. The van der Waals surface area contributed by atoms with Crippen molar-refractivity contribution < 1.29 is 23.1 Å². The van der Waals surface area contributed by atoms with Crippen LogP contribution in [0.4, 0.5) is 0 Å². The predicted octanol–water partition coefficient (Wildman–Crippen LogP) is 1.65. The zero-order valence-electron chi connectivity index (χ0n) is 15.3. The van der Waals surface area contributed by atoms with Gasteiger partial charge in [0.1, 0.15) is 6.04 Å². The number of benzene rings is 1. The van der Waals surface area contributed by atoms with Crippen molar-refractivity contribution in [2.45, 2.75) is 57.4 Å². The molecule has 1 aromatic carbocycles. The number of sulfonamides is 1. The summed E-state index contributed by atoms with van der Waals surface area (Å²) in [5, 5.41) is 11.6. The molecule has 1 aliphatic carbocycles. The molecule has 7 nitrogen and oxygen atoms in total. The van der Waals surface area contributed by atoms with Crippen molar-refractivity contribution in [3.8, 4) is 0 Å². The Kier molecular flexibility index (Phi) is 6.41. The number of aryl methyl sites for hydroxylation is 3. The molecule has 0 aromatic heterocycles. The third-order valence-corrected chi connectivity index (χ3v) is 6.18. The Labute approximate surface area is 154 Å². The van der Waals surface area contributed by atoms with Crippen LogP contribution in [-0.2, 0) is 19.6 Å². The summed E-state index contributed by atoms with van der Waals surface area (Å²) >= 11 is 0. The second-order valence-corrected chi connectivity index (χ2v) is 8.72. The summed E-state index contributed by atoms with van der Waals surface area (Å²) in [6.07, 6.45) is 2.30. The molecule has 1 atom stereocenters. The number of amides is 1. The van der Waals surface area contributed by atoms with Crippen LogP contribution in [0.2, 0.25) is 0 Å². The van der Waals surface area contributed by atoms with Crippen molar-refractivity contribution in [3.63, 3.8) is 0 Å². The summed E-state index contributed by atoms with van der Waals surface area (Å²) < 4.78 is 27.5. The van der Waals surface area contributed by atoms with E-state index in [0.717, 1.165) is 18.4 Å². The minimum Gasteiger partial charge on any atom is -0.480 e. The second kappa shape index (κ2) is 8.18. The smallest absolute Gasteiger partial charge is 0.326 e. The van der Waals surface area contributed by atoms with Gasteiger partial charge >= 0.3 is 5.97 Å². The van der Waals surface area contributed by atoms with Gasteiger partial charge in [0.25, 0.3) is 0 Å². The van der Waals surface area contributed by atoms with Crippen LogP contribution in [-0.4, -0.2) is 38.0 Å². The lowest BCUT2D eigenvalue weighted by atomic mass is 10.1. The van der Waals surface area contributed by atoms with E-state index in [1.807, 2.05) is 6.92 Å². The summed E-state index contributed by atoms with van der Waals surface area (Å²) in [6, 6.07) is 2.68. The molecular weight excluding hydrogens is 356 g/mol. The Morgan fingerprint density at radius 3 is 2.27 bits per heavy atom. The highest BCUT2D eigenvalue weighted by molar-refractivity contribution is 7.89. The molecule has 26 heavy (non-hydrogen) atoms. The normalized spacial score (nSPS) is 15.5. The number of hydrogen-bond donors (Lipinski definition) is 3. The maximum absolute atomic E-state index is 12.5. The van der Waals surface area contributed by atoms with Crippen LogP contribution in [0.1, 0.15) is 42.4 Å². The van der Waals surface area contributed by atoms with E-state index in [1.165, 1.54) is 0 Å². The molecule has 0 bridgehead atoms. The number of rotatable bonds is 9. The number of hydrogen-bond acceptors (Lipinski definition) is 4. The topological polar surface area (TPSA) is 113 Å². The minimum atomic E-state index is -3.73. The van der Waals surface area contributed by atoms with Gasteiger partial charge in [0, 0.05) is 13.0 Å². The molecule has 0 radical (unpaired) electrons. The quantitative estimate of drug-likeness (QED) is 0.601. The van der Waals surface area contributed by atoms with Crippen molar-refractivity contribution in [2.75, 3.05) is 6.54 Å². The highest BCUT2D eigenvalue weighted by Crippen LogP contribution is 2.33. The van der Waals surface area contributed by atoms with Gasteiger partial charge in [-0.2, -0.15) is 0 Å². The molecule has 1 saturated carbocycles. The van der Waals surface area contributed by atoms with Crippen molar-refractivity contribution >= 4 is 21.9 Å². The molecule has 1 fully saturated rings. The molecule has 0 saturated heterocycles. The highest BCUT2D eigenvalue weighted by atomic mass is 32.2. The van der Waals surface area contributed by atoms with Gasteiger partial charge in [-0.15, -0.1) is 0 Å². The van der Waals surface area contributed by atoms with Gasteiger partial charge in [-0.25, -0.2) is 17.9 Å². The van der Waals surface area contributed by atoms with E-state index in [2.05, 4.69) is 10.0 Å². The lowest BCUT2D eigenvalue weighted by Crippen LogP contribution is -2.42. The zero-order valence-corrected chi connectivity index (χ0v) is 16.1. The molecule has 0 spiro atoms. The molecule has 144 valence electrons. The maximum Gasteiger partial charge on any atom is 0.326 e. The van der Waals surface area contributed by atoms with Crippen LogP contribution >= 0.6 is 0 Å². The van der Waals surface area contributed by atoms with Crippen molar-refractivity contribution in [1.82, 2.24) is 10.0 Å². The van der Waals surface area contributed by atoms with Crippen molar-refractivity contribution in [2.24, 2.45) is 5.92 Å². The van der Waals surface area contributed by atoms with Crippen molar-refractivity contribution in [3.05, 3.63) is 28.8 Å². The Morgan fingerprint density at radius 1 is 1.19 bits per heavy atom. The number of carboxylic acids is 1. The Bertz CT molecular complexity index is 777. The van der Waals surface area contributed by atoms with E-state index in [0.29, 0.717) is 23.5 Å². The molecule has 3 N–H and O–H groups in total. The van der Waals surface area contributed by atoms with Crippen LogP contribution in [0.25, 0.3) is 0 Å². The first-order chi connectivity index (χ1) is 12.1. The number of carbonyl (C=O) groups excluding carboxylic acids is 1. The van der Waals surface area contributed by atoms with Crippen molar-refractivity contribution in [1.29, 1.82) is 0 Å². The molecule has 2 rings (SSSR count). The summed E-state index contributed by atoms with van der Waals surface area (Å²) in [5.74, 6) is -1.17. The molecular formula is C18H26N2O5S. The fraction of sp³-hybridized carbons (Fsp3) is 0.556. The van der Waals surface area contributed by atoms with Gasteiger partial charge in [0.15, 0.2) is 0 Å². The van der Waals surface area contributed by atoms with E-state index in [9.17, 15) is 18.0 Å². The summed E-state index contributed by atoms with van der Waals surface area (Å²) in [5.41, 5.74) is 2.28. The Hall–Kier alpha value is -1.93. The molecule has 8 heteroatoms. The van der Waals surface area contributed by atoms with Gasteiger partial charge in [-0.05, 0) is 44.2 Å². The van der Waals surface area contributed by atoms with E-state index in [4.69, 9.17) is 5.11 Å². The Morgan fingerprint density at radius 2 is 1.77 bits per heavy atom. The number of nitrogens with one attached hydrogen (secondary N) is 2. The first kappa shape index (κ1) is 20.4. The summed E-state index contributed by atoms with van der Waals surface area (Å²) in [6.45, 7) is 5.28.